The highest BCUT2D eigenvalue weighted by molar-refractivity contribution is 7.89. The molecule has 31 heavy (non-hydrogen) atoms. The predicted molar refractivity (Wildman–Crippen MR) is 115 cm³/mol. The first-order chi connectivity index (χ1) is 14.9. The first kappa shape index (κ1) is 23.2. The zero-order chi connectivity index (χ0) is 22.3. The van der Waals surface area contributed by atoms with Crippen LogP contribution in [-0.2, 0) is 26.1 Å². The summed E-state index contributed by atoms with van der Waals surface area (Å²) in [5.74, 6) is -0.642. The number of hydrogen-bond acceptors (Lipinski definition) is 6. The molecule has 1 aliphatic rings. The van der Waals surface area contributed by atoms with E-state index in [2.05, 4.69) is 4.90 Å². The van der Waals surface area contributed by atoms with Crippen molar-refractivity contribution in [1.29, 1.82) is 0 Å². The zero-order valence-electron chi connectivity index (χ0n) is 17.5. The van der Waals surface area contributed by atoms with Crippen molar-refractivity contribution in [2.75, 3.05) is 40.0 Å². The maximum absolute atomic E-state index is 13.5. The van der Waals surface area contributed by atoms with E-state index in [9.17, 15) is 18.3 Å². The first-order valence-corrected chi connectivity index (χ1v) is 11.6. The van der Waals surface area contributed by atoms with Gasteiger partial charge in [0.15, 0.2) is 0 Å². The van der Waals surface area contributed by atoms with E-state index in [4.69, 9.17) is 9.47 Å². The second-order valence-corrected chi connectivity index (χ2v) is 9.20. The fraction of sp³-hybridized carbons (Fsp3) is 0.409. The van der Waals surface area contributed by atoms with E-state index in [1.807, 2.05) is 6.07 Å². The summed E-state index contributed by atoms with van der Waals surface area (Å²) in [5, 5.41) is 9.97. The lowest BCUT2D eigenvalue weighted by atomic mass is 10.1. The molecule has 2 aromatic carbocycles. The minimum atomic E-state index is -4.07. The maximum Gasteiger partial charge on any atom is 0.322 e. The number of benzene rings is 2. The molecule has 1 fully saturated rings. The van der Waals surface area contributed by atoms with Gasteiger partial charge in [-0.2, -0.15) is 4.31 Å². The molecule has 2 aromatic rings. The van der Waals surface area contributed by atoms with Gasteiger partial charge in [-0.1, -0.05) is 30.3 Å². The number of methoxy groups -OCH3 is 1. The highest BCUT2D eigenvalue weighted by atomic mass is 32.2. The summed E-state index contributed by atoms with van der Waals surface area (Å²) in [6.07, 6.45) is 0.178. The van der Waals surface area contributed by atoms with Crippen LogP contribution in [0.5, 0.6) is 5.75 Å². The number of carboxylic acids is 1. The number of nitrogens with zero attached hydrogens (tertiary/aromatic N) is 2. The normalized spacial score (nSPS) is 16.2. The number of hydrogen-bond donors (Lipinski definition) is 1. The Morgan fingerprint density at radius 2 is 1.77 bits per heavy atom. The molecule has 1 saturated heterocycles. The Morgan fingerprint density at radius 3 is 2.35 bits per heavy atom. The van der Waals surface area contributed by atoms with E-state index < -0.39 is 22.0 Å². The quantitative estimate of drug-likeness (QED) is 0.594. The SMILES string of the molecule is COc1ccc(S(=O)(=O)N(Cc2ccccc2)C(CCN2CCOCC2)C(=O)O)cc1. The lowest BCUT2D eigenvalue weighted by Crippen LogP contribution is -2.47. The standard InChI is InChI=1S/C22H28N2O6S/c1-29-19-7-9-20(10-8-19)31(27,28)24(17-18-5-3-2-4-6-18)21(22(25)26)11-12-23-13-15-30-16-14-23/h2-10,21H,11-17H2,1H3,(H,25,26). The van der Waals surface area contributed by atoms with Crippen LogP contribution in [0.2, 0.25) is 0 Å². The molecule has 0 aliphatic carbocycles. The number of sulfonamides is 1. The van der Waals surface area contributed by atoms with Crippen LogP contribution in [0.1, 0.15) is 12.0 Å². The van der Waals surface area contributed by atoms with Crippen LogP contribution in [0.25, 0.3) is 0 Å². The number of ether oxygens (including phenoxy) is 2. The number of carbonyl (C=O) groups is 1. The topological polar surface area (TPSA) is 96.4 Å². The molecule has 0 amide bonds. The molecule has 8 nitrogen and oxygen atoms in total. The molecule has 1 unspecified atom stereocenters. The Balaban J connectivity index is 1.91. The molecule has 168 valence electrons. The van der Waals surface area contributed by atoms with Gasteiger partial charge in [-0.05, 0) is 36.2 Å². The third-order valence-electron chi connectivity index (χ3n) is 5.30. The molecule has 3 rings (SSSR count). The van der Waals surface area contributed by atoms with E-state index in [-0.39, 0.29) is 17.9 Å². The summed E-state index contributed by atoms with van der Waals surface area (Å²) in [6, 6.07) is 13.8. The van der Waals surface area contributed by atoms with Crippen molar-refractivity contribution in [2.24, 2.45) is 0 Å². The Kier molecular flexibility index (Phi) is 8.03. The predicted octanol–water partition coefficient (Wildman–Crippen LogP) is 2.06. The fourth-order valence-corrected chi connectivity index (χ4v) is 5.13. The molecule has 1 N–H and O–H groups in total. The van der Waals surface area contributed by atoms with Crippen LogP contribution in [0.15, 0.2) is 59.5 Å². The molecule has 1 heterocycles. The number of morpholine rings is 1. The third kappa shape index (κ3) is 6.04. The molecule has 0 radical (unpaired) electrons. The average Bonchev–Trinajstić information content (AvgIpc) is 2.79. The van der Waals surface area contributed by atoms with Crippen molar-refractivity contribution in [3.05, 3.63) is 60.2 Å². The van der Waals surface area contributed by atoms with Crippen molar-refractivity contribution < 1.29 is 27.8 Å². The number of aliphatic carboxylic acids is 1. The second kappa shape index (κ2) is 10.7. The monoisotopic (exact) mass is 448 g/mol. The van der Waals surface area contributed by atoms with Gasteiger partial charge in [0.05, 0.1) is 25.2 Å². The zero-order valence-corrected chi connectivity index (χ0v) is 18.3. The minimum absolute atomic E-state index is 0.0295. The number of carboxylic acid groups (broad SMARTS) is 1. The Morgan fingerprint density at radius 1 is 1.13 bits per heavy atom. The number of rotatable bonds is 10. The largest absolute Gasteiger partial charge is 0.497 e. The first-order valence-electron chi connectivity index (χ1n) is 10.1. The summed E-state index contributed by atoms with van der Waals surface area (Å²) >= 11 is 0. The van der Waals surface area contributed by atoms with E-state index in [0.717, 1.165) is 9.87 Å². The van der Waals surface area contributed by atoms with Crippen molar-refractivity contribution in [2.45, 2.75) is 23.9 Å². The summed E-state index contributed by atoms with van der Waals surface area (Å²) in [5.41, 5.74) is 0.720. The lowest BCUT2D eigenvalue weighted by Gasteiger charge is -2.31. The van der Waals surface area contributed by atoms with Gasteiger partial charge in [0.25, 0.3) is 0 Å². The lowest BCUT2D eigenvalue weighted by molar-refractivity contribution is -0.142. The average molecular weight is 449 g/mol. The summed E-state index contributed by atoms with van der Waals surface area (Å²) < 4.78 is 38.6. The van der Waals surface area contributed by atoms with E-state index in [0.29, 0.717) is 38.6 Å². The van der Waals surface area contributed by atoms with E-state index in [1.165, 1.54) is 19.2 Å². The van der Waals surface area contributed by atoms with E-state index in [1.54, 1.807) is 36.4 Å². The van der Waals surface area contributed by atoms with Crippen LogP contribution >= 0.6 is 0 Å². The van der Waals surface area contributed by atoms with Gasteiger partial charge in [0.1, 0.15) is 11.8 Å². The van der Waals surface area contributed by atoms with Crippen LogP contribution < -0.4 is 4.74 Å². The van der Waals surface area contributed by atoms with Crippen molar-refractivity contribution >= 4 is 16.0 Å². The van der Waals surface area contributed by atoms with Gasteiger partial charge >= 0.3 is 5.97 Å². The molecule has 0 saturated carbocycles. The highest BCUT2D eigenvalue weighted by Gasteiger charge is 2.36. The summed E-state index contributed by atoms with van der Waals surface area (Å²) in [6.45, 7) is 3.04. The highest BCUT2D eigenvalue weighted by Crippen LogP contribution is 2.25. The van der Waals surface area contributed by atoms with Crippen LogP contribution in [-0.4, -0.2) is 74.7 Å². The molecular weight excluding hydrogens is 420 g/mol. The molecule has 9 heteroatoms. The Bertz CT molecular complexity index is 944. The van der Waals surface area contributed by atoms with Crippen LogP contribution in [0, 0.1) is 0 Å². The smallest absolute Gasteiger partial charge is 0.322 e. The van der Waals surface area contributed by atoms with Gasteiger partial charge in [-0.3, -0.25) is 9.69 Å². The van der Waals surface area contributed by atoms with Gasteiger partial charge in [0.2, 0.25) is 10.0 Å². The van der Waals surface area contributed by atoms with Gasteiger partial charge < -0.3 is 14.6 Å². The fourth-order valence-electron chi connectivity index (χ4n) is 3.53. The van der Waals surface area contributed by atoms with Crippen molar-refractivity contribution in [1.82, 2.24) is 9.21 Å². The van der Waals surface area contributed by atoms with E-state index >= 15 is 0 Å². The molecule has 0 spiro atoms. The van der Waals surface area contributed by atoms with Gasteiger partial charge in [0, 0.05) is 26.2 Å². The van der Waals surface area contributed by atoms with Crippen molar-refractivity contribution in [3.63, 3.8) is 0 Å². The van der Waals surface area contributed by atoms with Crippen molar-refractivity contribution in [3.8, 4) is 5.75 Å². The Labute approximate surface area is 183 Å². The third-order valence-corrected chi connectivity index (χ3v) is 7.17. The maximum atomic E-state index is 13.5. The summed E-state index contributed by atoms with van der Waals surface area (Å²) in [7, 11) is -2.57. The summed E-state index contributed by atoms with van der Waals surface area (Å²) in [4.78, 5) is 14.3. The van der Waals surface area contributed by atoms with Crippen LogP contribution in [0.3, 0.4) is 0 Å². The second-order valence-electron chi connectivity index (χ2n) is 7.31. The molecule has 0 aromatic heterocycles. The molecule has 1 aliphatic heterocycles. The molecular formula is C22H28N2O6S. The molecule has 1 atom stereocenters. The van der Waals surface area contributed by atoms with Gasteiger partial charge in [-0.15, -0.1) is 0 Å². The molecule has 0 bridgehead atoms. The van der Waals surface area contributed by atoms with Crippen LogP contribution in [0.4, 0.5) is 0 Å². The minimum Gasteiger partial charge on any atom is -0.497 e. The van der Waals surface area contributed by atoms with Gasteiger partial charge in [-0.25, -0.2) is 8.42 Å². The Hall–Kier alpha value is -2.46.